The highest BCUT2D eigenvalue weighted by atomic mass is 16.2. The molecule has 0 aliphatic heterocycles. The number of rotatable bonds is 5. The van der Waals surface area contributed by atoms with Crippen LogP contribution in [0.15, 0.2) is 29.2 Å². The molecule has 0 atom stereocenters. The SMILES string of the molecule is Cc1nc(-c2ccccn2)[nH]c(=O)c1CC(=O)NCC1CCCCC1. The van der Waals surface area contributed by atoms with E-state index >= 15 is 0 Å². The summed E-state index contributed by atoms with van der Waals surface area (Å²) in [5.41, 5.74) is 1.31. The largest absolute Gasteiger partial charge is 0.356 e. The van der Waals surface area contributed by atoms with E-state index in [1.165, 1.54) is 32.1 Å². The van der Waals surface area contributed by atoms with Gasteiger partial charge in [-0.25, -0.2) is 4.98 Å². The second kappa shape index (κ2) is 8.05. The Morgan fingerprint density at radius 1 is 1.28 bits per heavy atom. The van der Waals surface area contributed by atoms with Crippen molar-refractivity contribution in [1.82, 2.24) is 20.3 Å². The minimum Gasteiger partial charge on any atom is -0.356 e. The lowest BCUT2D eigenvalue weighted by Crippen LogP contribution is -2.33. The van der Waals surface area contributed by atoms with E-state index in [-0.39, 0.29) is 17.9 Å². The Bertz CT molecular complexity index is 780. The summed E-state index contributed by atoms with van der Waals surface area (Å²) in [6, 6.07) is 5.43. The smallest absolute Gasteiger partial charge is 0.255 e. The molecular weight excluding hydrogens is 316 g/mol. The molecule has 1 fully saturated rings. The van der Waals surface area contributed by atoms with Crippen LogP contribution in [0, 0.1) is 12.8 Å². The number of carbonyl (C=O) groups is 1. The molecule has 6 heteroatoms. The van der Waals surface area contributed by atoms with Crippen molar-refractivity contribution < 1.29 is 4.79 Å². The van der Waals surface area contributed by atoms with Gasteiger partial charge in [0.15, 0.2) is 5.82 Å². The van der Waals surface area contributed by atoms with Gasteiger partial charge in [0.25, 0.3) is 5.56 Å². The van der Waals surface area contributed by atoms with Gasteiger partial charge in [-0.1, -0.05) is 25.3 Å². The topological polar surface area (TPSA) is 87.7 Å². The number of aromatic amines is 1. The van der Waals surface area contributed by atoms with Crippen LogP contribution in [0.5, 0.6) is 0 Å². The fraction of sp³-hybridized carbons (Fsp3) is 0.474. The molecule has 1 aliphatic carbocycles. The van der Waals surface area contributed by atoms with Gasteiger partial charge in [-0.15, -0.1) is 0 Å². The Balaban J connectivity index is 1.66. The molecule has 2 aromatic heterocycles. The number of hydrogen-bond donors (Lipinski definition) is 2. The highest BCUT2D eigenvalue weighted by Crippen LogP contribution is 2.22. The Morgan fingerprint density at radius 2 is 2.08 bits per heavy atom. The zero-order chi connectivity index (χ0) is 17.6. The highest BCUT2D eigenvalue weighted by Gasteiger charge is 2.17. The van der Waals surface area contributed by atoms with Crippen LogP contribution in [0.4, 0.5) is 0 Å². The van der Waals surface area contributed by atoms with Crippen molar-refractivity contribution in [3.63, 3.8) is 0 Å². The molecule has 1 saturated carbocycles. The summed E-state index contributed by atoms with van der Waals surface area (Å²) in [5, 5.41) is 2.97. The van der Waals surface area contributed by atoms with Gasteiger partial charge in [0.05, 0.1) is 6.42 Å². The summed E-state index contributed by atoms with van der Waals surface area (Å²) in [7, 11) is 0. The summed E-state index contributed by atoms with van der Waals surface area (Å²) in [6.07, 6.45) is 7.87. The minimum atomic E-state index is -0.277. The number of pyridine rings is 1. The van der Waals surface area contributed by atoms with Crippen molar-refractivity contribution in [1.29, 1.82) is 0 Å². The Kier molecular flexibility index (Phi) is 5.58. The molecule has 1 aliphatic rings. The van der Waals surface area contributed by atoms with Gasteiger partial charge in [0, 0.05) is 24.0 Å². The van der Waals surface area contributed by atoms with E-state index in [1.807, 2.05) is 6.07 Å². The second-order valence-electron chi connectivity index (χ2n) is 6.68. The molecule has 2 heterocycles. The van der Waals surface area contributed by atoms with Crippen LogP contribution in [0.2, 0.25) is 0 Å². The van der Waals surface area contributed by atoms with Crippen LogP contribution < -0.4 is 10.9 Å². The van der Waals surface area contributed by atoms with Gasteiger partial charge in [-0.3, -0.25) is 14.6 Å². The van der Waals surface area contributed by atoms with Crippen molar-refractivity contribution in [2.24, 2.45) is 5.92 Å². The number of aryl methyl sites for hydroxylation is 1. The lowest BCUT2D eigenvalue weighted by molar-refractivity contribution is -0.120. The van der Waals surface area contributed by atoms with Gasteiger partial charge < -0.3 is 10.3 Å². The van der Waals surface area contributed by atoms with Crippen LogP contribution in [-0.2, 0) is 11.2 Å². The van der Waals surface area contributed by atoms with E-state index in [9.17, 15) is 9.59 Å². The molecule has 3 rings (SSSR count). The molecule has 1 amide bonds. The number of nitrogens with zero attached hydrogens (tertiary/aromatic N) is 2. The van der Waals surface area contributed by atoms with Crippen molar-refractivity contribution in [3.05, 3.63) is 46.0 Å². The molecule has 2 N–H and O–H groups in total. The van der Waals surface area contributed by atoms with E-state index < -0.39 is 0 Å². The normalized spacial score (nSPS) is 15.1. The first kappa shape index (κ1) is 17.3. The number of amides is 1. The fourth-order valence-corrected chi connectivity index (χ4v) is 3.32. The van der Waals surface area contributed by atoms with Crippen LogP contribution in [0.25, 0.3) is 11.5 Å². The maximum atomic E-state index is 12.4. The molecular formula is C19H24N4O2. The number of H-pyrrole nitrogens is 1. The van der Waals surface area contributed by atoms with E-state index in [0.717, 1.165) is 0 Å². The maximum absolute atomic E-state index is 12.4. The number of aromatic nitrogens is 3. The quantitative estimate of drug-likeness (QED) is 0.875. The van der Waals surface area contributed by atoms with Crippen molar-refractivity contribution in [3.8, 4) is 11.5 Å². The third-order valence-electron chi connectivity index (χ3n) is 4.78. The lowest BCUT2D eigenvalue weighted by Gasteiger charge is -2.21. The first-order valence-electron chi connectivity index (χ1n) is 8.91. The lowest BCUT2D eigenvalue weighted by atomic mass is 9.89. The van der Waals surface area contributed by atoms with E-state index in [4.69, 9.17) is 0 Å². The summed E-state index contributed by atoms with van der Waals surface area (Å²) < 4.78 is 0. The summed E-state index contributed by atoms with van der Waals surface area (Å²) in [6.45, 7) is 2.46. The first-order chi connectivity index (χ1) is 12.1. The third kappa shape index (κ3) is 4.53. The van der Waals surface area contributed by atoms with Crippen LogP contribution in [0.1, 0.15) is 43.4 Å². The monoisotopic (exact) mass is 340 g/mol. The molecule has 2 aromatic rings. The van der Waals surface area contributed by atoms with E-state index in [2.05, 4.69) is 20.3 Å². The summed E-state index contributed by atoms with van der Waals surface area (Å²) >= 11 is 0. The zero-order valence-electron chi connectivity index (χ0n) is 14.5. The summed E-state index contributed by atoms with van der Waals surface area (Å²) in [5.74, 6) is 0.878. The summed E-state index contributed by atoms with van der Waals surface area (Å²) in [4.78, 5) is 35.9. The predicted molar refractivity (Wildman–Crippen MR) is 96.1 cm³/mol. The molecule has 0 spiro atoms. The van der Waals surface area contributed by atoms with E-state index in [1.54, 1.807) is 25.3 Å². The van der Waals surface area contributed by atoms with Crippen LogP contribution >= 0.6 is 0 Å². The number of hydrogen-bond acceptors (Lipinski definition) is 4. The van der Waals surface area contributed by atoms with Crippen LogP contribution in [-0.4, -0.2) is 27.4 Å². The number of nitrogens with one attached hydrogen (secondary N) is 2. The Morgan fingerprint density at radius 3 is 2.76 bits per heavy atom. The minimum absolute atomic E-state index is 0.0589. The molecule has 0 saturated heterocycles. The standard InChI is InChI=1S/C19H24N4O2/c1-13-15(11-17(24)21-12-14-7-3-2-4-8-14)19(25)23-18(22-13)16-9-5-6-10-20-16/h5-6,9-10,14H,2-4,7-8,11-12H2,1H3,(H,21,24)(H,22,23,25). The third-order valence-corrected chi connectivity index (χ3v) is 4.78. The van der Waals surface area contributed by atoms with Gasteiger partial charge in [-0.2, -0.15) is 0 Å². The van der Waals surface area contributed by atoms with Crippen molar-refractivity contribution >= 4 is 5.91 Å². The molecule has 0 unspecified atom stereocenters. The van der Waals surface area contributed by atoms with Crippen molar-refractivity contribution in [2.45, 2.75) is 45.4 Å². The molecule has 6 nitrogen and oxygen atoms in total. The average Bonchev–Trinajstić information content (AvgIpc) is 2.64. The highest BCUT2D eigenvalue weighted by molar-refractivity contribution is 5.78. The van der Waals surface area contributed by atoms with Gasteiger partial charge in [0.2, 0.25) is 5.91 Å². The second-order valence-corrected chi connectivity index (χ2v) is 6.68. The van der Waals surface area contributed by atoms with Crippen LogP contribution in [0.3, 0.4) is 0 Å². The first-order valence-corrected chi connectivity index (χ1v) is 8.91. The van der Waals surface area contributed by atoms with Gasteiger partial charge in [0.1, 0.15) is 5.69 Å². The van der Waals surface area contributed by atoms with Crippen molar-refractivity contribution in [2.75, 3.05) is 6.54 Å². The number of carbonyl (C=O) groups excluding carboxylic acids is 1. The van der Waals surface area contributed by atoms with Gasteiger partial charge in [-0.05, 0) is 37.8 Å². The Labute approximate surface area is 147 Å². The van der Waals surface area contributed by atoms with E-state index in [0.29, 0.717) is 35.2 Å². The zero-order valence-corrected chi connectivity index (χ0v) is 14.5. The molecule has 132 valence electrons. The fourth-order valence-electron chi connectivity index (χ4n) is 3.32. The molecule has 0 bridgehead atoms. The molecule has 0 radical (unpaired) electrons. The molecule has 0 aromatic carbocycles. The van der Waals surface area contributed by atoms with Gasteiger partial charge >= 0.3 is 0 Å². The maximum Gasteiger partial charge on any atom is 0.255 e. The Hall–Kier alpha value is -2.50. The molecule has 25 heavy (non-hydrogen) atoms. The predicted octanol–water partition coefficient (Wildman–Crippen LogP) is 2.38. The average molecular weight is 340 g/mol.